The zero-order chi connectivity index (χ0) is 14.1. The van der Waals surface area contributed by atoms with Gasteiger partial charge in [-0.2, -0.15) is 0 Å². The molecule has 0 aromatic heterocycles. The van der Waals surface area contributed by atoms with E-state index in [9.17, 15) is 4.39 Å². The summed E-state index contributed by atoms with van der Waals surface area (Å²) in [5.41, 5.74) is 9.30. The van der Waals surface area contributed by atoms with Crippen LogP contribution in [0.3, 0.4) is 0 Å². The Balaban J connectivity index is 1.93. The molecule has 0 aliphatic carbocycles. The summed E-state index contributed by atoms with van der Waals surface area (Å²) in [6, 6.07) is 12.8. The third-order valence-electron chi connectivity index (χ3n) is 3.64. The van der Waals surface area contributed by atoms with E-state index in [1.54, 1.807) is 6.07 Å². The molecule has 0 bridgehead atoms. The predicted molar refractivity (Wildman–Crippen MR) is 80.6 cm³/mol. The number of rotatable bonds is 2. The number of fused-ring (bicyclic) bond motifs is 1. The van der Waals surface area contributed by atoms with Crippen molar-refractivity contribution in [1.29, 1.82) is 0 Å². The van der Waals surface area contributed by atoms with E-state index in [0.717, 1.165) is 24.2 Å². The molecule has 0 amide bonds. The van der Waals surface area contributed by atoms with E-state index in [1.807, 2.05) is 12.1 Å². The first-order valence-electron chi connectivity index (χ1n) is 6.66. The molecule has 0 saturated carbocycles. The molecule has 0 saturated heterocycles. The second-order valence-electron chi connectivity index (χ2n) is 5.21. The van der Waals surface area contributed by atoms with Crippen molar-refractivity contribution in [2.24, 2.45) is 5.73 Å². The first-order valence-corrected chi connectivity index (χ1v) is 7.03. The summed E-state index contributed by atoms with van der Waals surface area (Å²) in [5.74, 6) is -0.265. The Bertz CT molecular complexity index is 630. The SMILES string of the molecule is NC1Cc2ccccc2N(Cc2cc(F)ccc2Cl)C1. The molecule has 3 rings (SSSR count). The van der Waals surface area contributed by atoms with Crippen LogP contribution < -0.4 is 10.6 Å². The fraction of sp³-hybridized carbons (Fsp3) is 0.250. The number of anilines is 1. The Morgan fingerprint density at radius 3 is 2.90 bits per heavy atom. The number of nitrogens with two attached hydrogens (primary N) is 1. The highest BCUT2D eigenvalue weighted by atomic mass is 35.5. The monoisotopic (exact) mass is 290 g/mol. The molecule has 0 fully saturated rings. The van der Waals surface area contributed by atoms with Gasteiger partial charge in [0.15, 0.2) is 0 Å². The van der Waals surface area contributed by atoms with Crippen molar-refractivity contribution in [2.45, 2.75) is 19.0 Å². The van der Waals surface area contributed by atoms with E-state index < -0.39 is 0 Å². The molecule has 1 atom stereocenters. The van der Waals surface area contributed by atoms with Gasteiger partial charge in [0.25, 0.3) is 0 Å². The molecule has 20 heavy (non-hydrogen) atoms. The third kappa shape index (κ3) is 2.65. The van der Waals surface area contributed by atoms with E-state index in [1.165, 1.54) is 17.7 Å². The van der Waals surface area contributed by atoms with Gasteiger partial charge in [0.1, 0.15) is 5.82 Å². The Morgan fingerprint density at radius 1 is 1.25 bits per heavy atom. The van der Waals surface area contributed by atoms with Crippen LogP contribution in [0.5, 0.6) is 0 Å². The smallest absolute Gasteiger partial charge is 0.123 e. The van der Waals surface area contributed by atoms with Crippen molar-refractivity contribution >= 4 is 17.3 Å². The standard InChI is InChI=1S/C16H16ClFN2/c17-15-6-5-13(18)7-12(15)9-20-10-14(19)8-11-3-1-2-4-16(11)20/h1-7,14H,8-10,19H2. The second kappa shape index (κ2) is 5.43. The lowest BCUT2D eigenvalue weighted by Crippen LogP contribution is -2.42. The van der Waals surface area contributed by atoms with Crippen LogP contribution in [0.25, 0.3) is 0 Å². The first-order chi connectivity index (χ1) is 9.63. The summed E-state index contributed by atoms with van der Waals surface area (Å²) in [4.78, 5) is 2.17. The maximum atomic E-state index is 13.4. The van der Waals surface area contributed by atoms with Gasteiger partial charge < -0.3 is 10.6 Å². The van der Waals surface area contributed by atoms with Crippen LogP contribution in [0.1, 0.15) is 11.1 Å². The Labute approximate surface area is 123 Å². The van der Waals surface area contributed by atoms with Crippen LogP contribution in [0, 0.1) is 5.82 Å². The Kier molecular flexibility index (Phi) is 3.64. The van der Waals surface area contributed by atoms with Gasteiger partial charge in [0, 0.05) is 29.8 Å². The number of nitrogens with zero attached hydrogens (tertiary/aromatic N) is 1. The van der Waals surface area contributed by atoms with E-state index in [4.69, 9.17) is 17.3 Å². The van der Waals surface area contributed by atoms with Gasteiger partial charge >= 0.3 is 0 Å². The molecule has 2 aromatic rings. The normalized spacial score (nSPS) is 17.9. The van der Waals surface area contributed by atoms with Crippen LogP contribution in [0.4, 0.5) is 10.1 Å². The number of para-hydroxylation sites is 1. The number of hydrogen-bond acceptors (Lipinski definition) is 2. The van der Waals surface area contributed by atoms with Gasteiger partial charge in [0.2, 0.25) is 0 Å². The summed E-state index contributed by atoms with van der Waals surface area (Å²) in [7, 11) is 0. The van der Waals surface area contributed by atoms with Crippen LogP contribution in [-0.2, 0) is 13.0 Å². The van der Waals surface area contributed by atoms with Gasteiger partial charge in [-0.15, -0.1) is 0 Å². The maximum Gasteiger partial charge on any atom is 0.123 e. The average molecular weight is 291 g/mol. The fourth-order valence-corrected chi connectivity index (χ4v) is 2.92. The second-order valence-corrected chi connectivity index (χ2v) is 5.62. The van der Waals surface area contributed by atoms with Crippen molar-refractivity contribution < 1.29 is 4.39 Å². The lowest BCUT2D eigenvalue weighted by molar-refractivity contribution is 0.594. The zero-order valence-electron chi connectivity index (χ0n) is 11.0. The summed E-state index contributed by atoms with van der Waals surface area (Å²) >= 11 is 6.15. The zero-order valence-corrected chi connectivity index (χ0v) is 11.8. The topological polar surface area (TPSA) is 29.3 Å². The minimum Gasteiger partial charge on any atom is -0.365 e. The van der Waals surface area contributed by atoms with Crippen LogP contribution >= 0.6 is 11.6 Å². The Hall–Kier alpha value is -1.58. The maximum absolute atomic E-state index is 13.4. The highest BCUT2D eigenvalue weighted by Gasteiger charge is 2.22. The van der Waals surface area contributed by atoms with E-state index in [2.05, 4.69) is 17.0 Å². The number of benzene rings is 2. The van der Waals surface area contributed by atoms with Crippen LogP contribution in [0.15, 0.2) is 42.5 Å². The molecular formula is C16H16ClFN2. The Morgan fingerprint density at radius 2 is 2.05 bits per heavy atom. The molecule has 2 nitrogen and oxygen atoms in total. The lowest BCUT2D eigenvalue weighted by Gasteiger charge is -2.35. The van der Waals surface area contributed by atoms with Crippen molar-refractivity contribution in [2.75, 3.05) is 11.4 Å². The van der Waals surface area contributed by atoms with Crippen LogP contribution in [-0.4, -0.2) is 12.6 Å². The van der Waals surface area contributed by atoms with E-state index in [0.29, 0.717) is 11.6 Å². The molecule has 2 N–H and O–H groups in total. The van der Waals surface area contributed by atoms with Gasteiger partial charge in [-0.05, 0) is 41.8 Å². The molecule has 104 valence electrons. The number of halogens is 2. The average Bonchev–Trinajstić information content (AvgIpc) is 2.43. The largest absolute Gasteiger partial charge is 0.365 e. The summed E-state index contributed by atoms with van der Waals surface area (Å²) < 4.78 is 13.4. The van der Waals surface area contributed by atoms with Gasteiger partial charge in [-0.1, -0.05) is 29.8 Å². The summed E-state index contributed by atoms with van der Waals surface area (Å²) in [6.07, 6.45) is 0.879. The quantitative estimate of drug-likeness (QED) is 0.919. The molecule has 1 aliphatic heterocycles. The van der Waals surface area contributed by atoms with Crippen LogP contribution in [0.2, 0.25) is 5.02 Å². The molecule has 0 spiro atoms. The molecule has 4 heteroatoms. The molecule has 0 radical (unpaired) electrons. The summed E-state index contributed by atoms with van der Waals surface area (Å²) in [6.45, 7) is 1.32. The molecule has 2 aromatic carbocycles. The first kappa shape index (κ1) is 13.4. The van der Waals surface area contributed by atoms with Crippen molar-refractivity contribution in [3.05, 3.63) is 64.4 Å². The van der Waals surface area contributed by atoms with E-state index >= 15 is 0 Å². The molecule has 1 unspecified atom stereocenters. The third-order valence-corrected chi connectivity index (χ3v) is 4.01. The highest BCUT2D eigenvalue weighted by molar-refractivity contribution is 6.31. The van der Waals surface area contributed by atoms with Crippen molar-refractivity contribution in [1.82, 2.24) is 0 Å². The highest BCUT2D eigenvalue weighted by Crippen LogP contribution is 2.29. The fourth-order valence-electron chi connectivity index (χ4n) is 2.74. The number of hydrogen-bond donors (Lipinski definition) is 1. The van der Waals surface area contributed by atoms with E-state index in [-0.39, 0.29) is 11.9 Å². The predicted octanol–water partition coefficient (Wildman–Crippen LogP) is 3.37. The molecule has 1 aliphatic rings. The van der Waals surface area contributed by atoms with Crippen molar-refractivity contribution in [3.63, 3.8) is 0 Å². The molecular weight excluding hydrogens is 275 g/mol. The minimum atomic E-state index is -0.265. The van der Waals surface area contributed by atoms with Gasteiger partial charge in [-0.3, -0.25) is 0 Å². The van der Waals surface area contributed by atoms with Gasteiger partial charge in [0.05, 0.1) is 0 Å². The lowest BCUT2D eigenvalue weighted by atomic mass is 9.98. The van der Waals surface area contributed by atoms with Gasteiger partial charge in [-0.25, -0.2) is 4.39 Å². The van der Waals surface area contributed by atoms with Crippen molar-refractivity contribution in [3.8, 4) is 0 Å². The minimum absolute atomic E-state index is 0.0947. The molecule has 1 heterocycles. The summed E-state index contributed by atoms with van der Waals surface area (Å²) in [5, 5.41) is 0.586.